The van der Waals surface area contributed by atoms with Crippen molar-refractivity contribution in [2.45, 2.75) is 53.6 Å². The van der Waals surface area contributed by atoms with Gasteiger partial charge in [-0.1, -0.05) is 23.7 Å². The van der Waals surface area contributed by atoms with Crippen LogP contribution in [0.3, 0.4) is 0 Å². The van der Waals surface area contributed by atoms with E-state index in [0.29, 0.717) is 5.15 Å². The van der Waals surface area contributed by atoms with Crippen LogP contribution in [-0.2, 0) is 0 Å². The molecular formula is C33H36ClN7O2. The maximum atomic E-state index is 9.92. The SMILES string of the molecule is CNc1ncnc2c1c(-c1cc(C)cc(O)c1)cn2C(C)C.Cc1cc(O)cc(-c2cn(C(C)C)c3ncnc(Cl)c23)c1. The van der Waals surface area contributed by atoms with E-state index in [2.05, 4.69) is 74.3 Å². The number of hydrogen-bond donors (Lipinski definition) is 3. The predicted octanol–water partition coefficient (Wildman–Crippen LogP) is 8.08. The van der Waals surface area contributed by atoms with Gasteiger partial charge in [0, 0.05) is 42.7 Å². The van der Waals surface area contributed by atoms with Crippen molar-refractivity contribution >= 4 is 39.5 Å². The maximum absolute atomic E-state index is 9.92. The molecule has 0 aliphatic heterocycles. The lowest BCUT2D eigenvalue weighted by atomic mass is 10.0. The van der Waals surface area contributed by atoms with Gasteiger partial charge in [0.05, 0.1) is 10.8 Å². The molecule has 2 aromatic carbocycles. The molecule has 0 bridgehead atoms. The van der Waals surface area contributed by atoms with E-state index in [4.69, 9.17) is 11.6 Å². The Morgan fingerprint density at radius 3 is 1.60 bits per heavy atom. The zero-order valence-corrected chi connectivity index (χ0v) is 26.1. The number of phenolic OH excluding ortho intramolecular Hbond substituents is 2. The van der Waals surface area contributed by atoms with E-state index in [0.717, 1.165) is 61.3 Å². The second-order valence-electron chi connectivity index (χ2n) is 11.2. The van der Waals surface area contributed by atoms with Crippen LogP contribution < -0.4 is 5.32 Å². The van der Waals surface area contributed by atoms with Crippen LogP contribution in [0, 0.1) is 13.8 Å². The highest BCUT2D eigenvalue weighted by Crippen LogP contribution is 2.38. The third-order valence-corrected chi connectivity index (χ3v) is 7.55. The van der Waals surface area contributed by atoms with E-state index in [1.165, 1.54) is 6.33 Å². The first kappa shape index (κ1) is 29.8. The molecule has 6 rings (SSSR count). The number of phenols is 2. The fourth-order valence-electron chi connectivity index (χ4n) is 5.38. The molecule has 0 saturated heterocycles. The Bertz CT molecular complexity index is 1900. The molecule has 10 heteroatoms. The first-order valence-corrected chi connectivity index (χ1v) is 14.5. The maximum Gasteiger partial charge on any atom is 0.146 e. The number of halogens is 1. The van der Waals surface area contributed by atoms with Crippen LogP contribution in [0.1, 0.15) is 50.9 Å². The molecule has 0 saturated carbocycles. The van der Waals surface area contributed by atoms with Crippen LogP contribution >= 0.6 is 11.6 Å². The number of aryl methyl sites for hydroxylation is 2. The van der Waals surface area contributed by atoms with E-state index in [1.54, 1.807) is 30.6 Å². The summed E-state index contributed by atoms with van der Waals surface area (Å²) in [7, 11) is 1.85. The van der Waals surface area contributed by atoms with Crippen LogP contribution in [0.4, 0.5) is 5.82 Å². The molecule has 0 spiro atoms. The monoisotopic (exact) mass is 597 g/mol. The number of nitrogens with one attached hydrogen (secondary N) is 1. The lowest BCUT2D eigenvalue weighted by Crippen LogP contribution is -2.01. The lowest BCUT2D eigenvalue weighted by Gasteiger charge is -2.08. The topological polar surface area (TPSA) is 114 Å². The minimum Gasteiger partial charge on any atom is -0.508 e. The van der Waals surface area contributed by atoms with Gasteiger partial charge in [-0.15, -0.1) is 0 Å². The van der Waals surface area contributed by atoms with Gasteiger partial charge in [0.1, 0.15) is 46.4 Å². The van der Waals surface area contributed by atoms with E-state index >= 15 is 0 Å². The van der Waals surface area contributed by atoms with Crippen LogP contribution in [0.15, 0.2) is 61.4 Å². The summed E-state index contributed by atoms with van der Waals surface area (Å²) in [5.41, 5.74) is 7.54. The molecule has 222 valence electrons. The quantitative estimate of drug-likeness (QED) is 0.172. The third-order valence-electron chi connectivity index (χ3n) is 7.27. The molecule has 0 amide bonds. The van der Waals surface area contributed by atoms with Gasteiger partial charge < -0.3 is 24.7 Å². The molecule has 4 aromatic heterocycles. The van der Waals surface area contributed by atoms with Gasteiger partial charge in [-0.3, -0.25) is 0 Å². The van der Waals surface area contributed by atoms with E-state index in [9.17, 15) is 10.2 Å². The smallest absolute Gasteiger partial charge is 0.146 e. The molecule has 0 aliphatic carbocycles. The summed E-state index contributed by atoms with van der Waals surface area (Å²) in [6.45, 7) is 12.3. The van der Waals surface area contributed by atoms with Gasteiger partial charge in [0.2, 0.25) is 0 Å². The molecular weight excluding hydrogens is 562 g/mol. The van der Waals surface area contributed by atoms with Crippen LogP contribution in [-0.4, -0.2) is 46.3 Å². The van der Waals surface area contributed by atoms with Crippen LogP contribution in [0.5, 0.6) is 11.5 Å². The Labute approximate surface area is 255 Å². The predicted molar refractivity (Wildman–Crippen MR) is 174 cm³/mol. The summed E-state index contributed by atoms with van der Waals surface area (Å²) < 4.78 is 4.20. The fraction of sp³-hybridized carbons (Fsp3) is 0.273. The fourth-order valence-corrected chi connectivity index (χ4v) is 5.61. The molecule has 0 atom stereocenters. The third kappa shape index (κ3) is 5.85. The first-order valence-electron chi connectivity index (χ1n) is 14.1. The largest absolute Gasteiger partial charge is 0.508 e. The molecule has 3 N–H and O–H groups in total. The minimum atomic E-state index is 0.239. The zero-order valence-electron chi connectivity index (χ0n) is 25.4. The summed E-state index contributed by atoms with van der Waals surface area (Å²) >= 11 is 6.28. The van der Waals surface area contributed by atoms with Gasteiger partial charge in [-0.25, -0.2) is 19.9 Å². The summed E-state index contributed by atoms with van der Waals surface area (Å²) in [6.07, 6.45) is 7.15. The second-order valence-corrected chi connectivity index (χ2v) is 11.6. The first-order chi connectivity index (χ1) is 20.5. The van der Waals surface area contributed by atoms with Gasteiger partial charge in [-0.2, -0.15) is 0 Å². The Morgan fingerprint density at radius 1 is 0.674 bits per heavy atom. The lowest BCUT2D eigenvalue weighted by molar-refractivity contribution is 0.474. The Hall–Kier alpha value is -4.63. The number of anilines is 1. The molecule has 0 fully saturated rings. The summed E-state index contributed by atoms with van der Waals surface area (Å²) in [5.74, 6) is 1.30. The van der Waals surface area contributed by atoms with Gasteiger partial charge in [0.25, 0.3) is 0 Å². The highest BCUT2D eigenvalue weighted by atomic mass is 35.5. The van der Waals surface area contributed by atoms with Crippen molar-refractivity contribution in [3.63, 3.8) is 0 Å². The van der Waals surface area contributed by atoms with Crippen molar-refractivity contribution in [1.29, 1.82) is 0 Å². The average Bonchev–Trinajstić information content (AvgIpc) is 3.53. The number of aromatic nitrogens is 6. The summed E-state index contributed by atoms with van der Waals surface area (Å²) in [4.78, 5) is 17.2. The summed E-state index contributed by atoms with van der Waals surface area (Å²) in [6, 6.07) is 11.6. The zero-order chi connectivity index (χ0) is 31.0. The van der Waals surface area contributed by atoms with Crippen LogP contribution in [0.25, 0.3) is 44.3 Å². The van der Waals surface area contributed by atoms with Gasteiger partial charge in [-0.05, 0) is 88.1 Å². The molecule has 6 aromatic rings. The number of nitrogens with zero attached hydrogens (tertiary/aromatic N) is 6. The molecule has 4 heterocycles. The number of aromatic hydroxyl groups is 2. The molecule has 43 heavy (non-hydrogen) atoms. The number of hydrogen-bond acceptors (Lipinski definition) is 7. The van der Waals surface area contributed by atoms with Crippen molar-refractivity contribution in [1.82, 2.24) is 29.1 Å². The minimum absolute atomic E-state index is 0.239. The van der Waals surface area contributed by atoms with E-state index in [-0.39, 0.29) is 23.6 Å². The van der Waals surface area contributed by atoms with Crippen molar-refractivity contribution < 1.29 is 10.2 Å². The standard InChI is InChI=1S/C17H20N4O.C16H16ClN3O/c1-10(2)21-8-14(12-5-11(3)6-13(22)7-12)15-16(18-4)19-9-20-17(15)21;1-9(2)20-7-13(11-4-10(3)5-12(21)6-11)14-15(17)18-8-19-16(14)20/h5-10,22H,1-4H3,(H,18,19,20);4-9,21H,1-3H3. The second kappa shape index (κ2) is 11.9. The van der Waals surface area contributed by atoms with Crippen molar-refractivity contribution in [2.24, 2.45) is 0 Å². The van der Waals surface area contributed by atoms with Gasteiger partial charge >= 0.3 is 0 Å². The molecule has 9 nitrogen and oxygen atoms in total. The Kier molecular flexibility index (Phi) is 8.28. The molecule has 0 aliphatic rings. The Morgan fingerprint density at radius 2 is 1.14 bits per heavy atom. The van der Waals surface area contributed by atoms with E-state index < -0.39 is 0 Å². The highest BCUT2D eigenvalue weighted by molar-refractivity contribution is 6.35. The number of fused-ring (bicyclic) bond motifs is 2. The summed E-state index contributed by atoms with van der Waals surface area (Å²) in [5, 5.41) is 25.1. The molecule has 0 radical (unpaired) electrons. The van der Waals surface area contributed by atoms with Crippen LogP contribution in [0.2, 0.25) is 5.15 Å². The van der Waals surface area contributed by atoms with Crippen molar-refractivity contribution in [3.8, 4) is 33.8 Å². The number of benzene rings is 2. The average molecular weight is 598 g/mol. The number of rotatable bonds is 5. The molecule has 0 unspecified atom stereocenters. The highest BCUT2D eigenvalue weighted by Gasteiger charge is 2.19. The van der Waals surface area contributed by atoms with Gasteiger partial charge in [0.15, 0.2) is 0 Å². The Balaban J connectivity index is 0.000000171. The van der Waals surface area contributed by atoms with Crippen molar-refractivity contribution in [3.05, 3.63) is 77.7 Å². The van der Waals surface area contributed by atoms with E-state index in [1.807, 2.05) is 33.2 Å². The van der Waals surface area contributed by atoms with Crippen molar-refractivity contribution in [2.75, 3.05) is 12.4 Å². The normalized spacial score (nSPS) is 11.4.